The van der Waals surface area contributed by atoms with Gasteiger partial charge in [0.1, 0.15) is 5.82 Å². The van der Waals surface area contributed by atoms with Gasteiger partial charge in [0.05, 0.1) is 18.3 Å². The summed E-state index contributed by atoms with van der Waals surface area (Å²) in [5.74, 6) is 1.54. The third-order valence-electron chi connectivity index (χ3n) is 7.25. The molecule has 0 amide bonds. The second-order valence-corrected chi connectivity index (χ2v) is 10.3. The predicted octanol–water partition coefficient (Wildman–Crippen LogP) is 5.60. The van der Waals surface area contributed by atoms with Gasteiger partial charge in [0.15, 0.2) is 0 Å². The zero-order valence-corrected chi connectivity index (χ0v) is 21.9. The van der Waals surface area contributed by atoms with E-state index >= 15 is 0 Å². The van der Waals surface area contributed by atoms with Crippen LogP contribution in [0.25, 0.3) is 5.57 Å². The molecule has 1 saturated heterocycles. The van der Waals surface area contributed by atoms with Gasteiger partial charge in [-0.05, 0) is 81.9 Å². The van der Waals surface area contributed by atoms with Crippen molar-refractivity contribution in [3.8, 4) is 0 Å². The highest BCUT2D eigenvalue weighted by molar-refractivity contribution is 6.37. The van der Waals surface area contributed by atoms with Crippen LogP contribution in [0.2, 0.25) is 0 Å². The number of rotatable bonds is 9. The number of halogens is 1. The van der Waals surface area contributed by atoms with E-state index in [0.29, 0.717) is 18.0 Å². The van der Waals surface area contributed by atoms with Crippen molar-refractivity contribution in [3.05, 3.63) is 41.1 Å². The van der Waals surface area contributed by atoms with Gasteiger partial charge in [0.25, 0.3) is 0 Å². The van der Waals surface area contributed by atoms with E-state index in [1.807, 2.05) is 6.07 Å². The molecule has 3 aliphatic rings. The van der Waals surface area contributed by atoms with Gasteiger partial charge in [-0.25, -0.2) is 4.98 Å². The highest BCUT2D eigenvalue weighted by Gasteiger charge is 2.21. The highest BCUT2D eigenvalue weighted by atomic mass is 35.5. The molecular weight excluding hydrogens is 460 g/mol. The van der Waals surface area contributed by atoms with E-state index in [2.05, 4.69) is 34.9 Å². The van der Waals surface area contributed by atoms with Crippen molar-refractivity contribution in [2.45, 2.75) is 69.9 Å². The van der Waals surface area contributed by atoms with Crippen LogP contribution in [0.15, 0.2) is 40.4 Å². The lowest BCUT2D eigenvalue weighted by Crippen LogP contribution is -2.36. The lowest BCUT2D eigenvalue weighted by molar-refractivity contribution is 0.0699. The molecule has 6 nitrogen and oxygen atoms in total. The van der Waals surface area contributed by atoms with Crippen LogP contribution in [0, 0.1) is 5.92 Å². The summed E-state index contributed by atoms with van der Waals surface area (Å²) in [7, 11) is 1.75. The molecule has 0 spiro atoms. The van der Waals surface area contributed by atoms with Crippen molar-refractivity contribution in [1.29, 1.82) is 0 Å². The van der Waals surface area contributed by atoms with Crippen LogP contribution in [0.5, 0.6) is 0 Å². The summed E-state index contributed by atoms with van der Waals surface area (Å²) in [5, 5.41) is 7.92. The van der Waals surface area contributed by atoms with Crippen LogP contribution >= 0.6 is 11.6 Å². The monoisotopic (exact) mass is 500 g/mol. The minimum absolute atomic E-state index is 0.394. The van der Waals surface area contributed by atoms with E-state index in [1.165, 1.54) is 12.8 Å². The van der Waals surface area contributed by atoms with Crippen LogP contribution in [0.1, 0.15) is 63.5 Å². The van der Waals surface area contributed by atoms with Crippen molar-refractivity contribution >= 4 is 28.7 Å². The molecule has 0 unspecified atom stereocenters. The zero-order chi connectivity index (χ0) is 24.3. The molecular formula is C28H41ClN4O2. The number of methoxy groups -OCH3 is 1. The van der Waals surface area contributed by atoms with Crippen molar-refractivity contribution < 1.29 is 9.47 Å². The smallest absolute Gasteiger partial charge is 0.126 e. The lowest BCUT2D eigenvalue weighted by Gasteiger charge is -2.27. The summed E-state index contributed by atoms with van der Waals surface area (Å²) in [6.45, 7) is 4.35. The summed E-state index contributed by atoms with van der Waals surface area (Å²) in [6.07, 6.45) is 14.2. The molecule has 2 heterocycles. The Bertz CT molecular complexity index is 887. The first-order valence-corrected chi connectivity index (χ1v) is 13.7. The minimum atomic E-state index is 0.394. The second kappa shape index (κ2) is 14.1. The van der Waals surface area contributed by atoms with Crippen LogP contribution in [-0.2, 0) is 9.47 Å². The number of nitrogens with one attached hydrogen (secondary N) is 2. The predicted molar refractivity (Wildman–Crippen MR) is 145 cm³/mol. The second-order valence-electron chi connectivity index (χ2n) is 9.92. The molecule has 2 fully saturated rings. The summed E-state index contributed by atoms with van der Waals surface area (Å²) in [5.41, 5.74) is 3.04. The molecule has 2 N–H and O–H groups in total. The topological polar surface area (TPSA) is 67.8 Å². The SMILES string of the molecule is COCCNC1CCC(N=C2C=C(c3cccc(NCC4CCOCC4)n3)C(Cl)=CCCC2)CC1. The van der Waals surface area contributed by atoms with E-state index in [4.69, 9.17) is 31.1 Å². The average molecular weight is 501 g/mol. The van der Waals surface area contributed by atoms with Crippen molar-refractivity contribution in [2.24, 2.45) is 10.9 Å². The first kappa shape index (κ1) is 26.3. The van der Waals surface area contributed by atoms with Gasteiger partial charge in [0, 0.05) is 55.8 Å². The number of allylic oxidation sites excluding steroid dienone is 4. The first-order chi connectivity index (χ1) is 17.2. The van der Waals surface area contributed by atoms with E-state index in [9.17, 15) is 0 Å². The van der Waals surface area contributed by atoms with E-state index in [-0.39, 0.29) is 0 Å². The van der Waals surface area contributed by atoms with E-state index in [1.54, 1.807) is 7.11 Å². The highest BCUT2D eigenvalue weighted by Crippen LogP contribution is 2.30. The van der Waals surface area contributed by atoms with Gasteiger partial charge in [-0.15, -0.1) is 0 Å². The van der Waals surface area contributed by atoms with E-state index < -0.39 is 0 Å². The summed E-state index contributed by atoms with van der Waals surface area (Å²) in [4.78, 5) is 10.1. The lowest BCUT2D eigenvalue weighted by atomic mass is 9.91. The molecule has 0 aromatic carbocycles. The maximum atomic E-state index is 6.78. The summed E-state index contributed by atoms with van der Waals surface area (Å²) < 4.78 is 10.6. The maximum absolute atomic E-state index is 6.78. The standard InChI is InChI=1S/C28H41ClN4O2/c1-34-18-15-30-22-9-11-23(12-10-22)32-24-5-2-3-6-26(29)25(19-24)27-7-4-8-28(33-27)31-20-21-13-16-35-17-14-21/h4,6-8,19,21-23,30H,2-3,5,9-18,20H2,1H3,(H,31,33). The number of pyridine rings is 1. The molecule has 1 saturated carbocycles. The molecule has 192 valence electrons. The number of aliphatic imine (C=N–C) groups is 1. The van der Waals surface area contributed by atoms with Gasteiger partial charge >= 0.3 is 0 Å². The fourth-order valence-corrected chi connectivity index (χ4v) is 5.38. The van der Waals surface area contributed by atoms with Crippen LogP contribution in [0.4, 0.5) is 5.82 Å². The molecule has 0 bridgehead atoms. The molecule has 7 heteroatoms. The normalized spacial score (nSPS) is 25.5. The molecule has 35 heavy (non-hydrogen) atoms. The Hall–Kier alpha value is -1.73. The zero-order valence-electron chi connectivity index (χ0n) is 21.1. The number of nitrogens with zero attached hydrogens (tertiary/aromatic N) is 2. The van der Waals surface area contributed by atoms with Crippen LogP contribution in [0.3, 0.4) is 0 Å². The Morgan fingerprint density at radius 3 is 2.77 bits per heavy atom. The largest absolute Gasteiger partial charge is 0.383 e. The Kier molecular flexibility index (Phi) is 10.6. The molecule has 0 atom stereocenters. The maximum Gasteiger partial charge on any atom is 0.126 e. The number of aromatic nitrogens is 1. The first-order valence-electron chi connectivity index (χ1n) is 13.4. The fourth-order valence-electron chi connectivity index (χ4n) is 5.12. The molecule has 4 rings (SSSR count). The Balaban J connectivity index is 1.43. The van der Waals surface area contributed by atoms with E-state index in [0.717, 1.165) is 106 Å². The fraction of sp³-hybridized carbons (Fsp3) is 0.643. The third-order valence-corrected chi connectivity index (χ3v) is 7.61. The summed E-state index contributed by atoms with van der Waals surface area (Å²) >= 11 is 6.78. The van der Waals surface area contributed by atoms with Crippen LogP contribution < -0.4 is 10.6 Å². The Labute approximate surface area is 215 Å². The number of ether oxygens (including phenoxy) is 2. The minimum Gasteiger partial charge on any atom is -0.383 e. The molecule has 0 radical (unpaired) electrons. The summed E-state index contributed by atoms with van der Waals surface area (Å²) in [6, 6.07) is 7.14. The quantitative estimate of drug-likeness (QED) is 0.432. The number of hydrogen-bond acceptors (Lipinski definition) is 6. The van der Waals surface area contributed by atoms with Crippen molar-refractivity contribution in [1.82, 2.24) is 10.3 Å². The van der Waals surface area contributed by atoms with Crippen molar-refractivity contribution in [3.63, 3.8) is 0 Å². The van der Waals surface area contributed by atoms with Crippen molar-refractivity contribution in [2.75, 3.05) is 45.3 Å². The Morgan fingerprint density at radius 2 is 1.97 bits per heavy atom. The molecule has 1 aromatic rings. The average Bonchev–Trinajstić information content (AvgIpc) is 2.89. The van der Waals surface area contributed by atoms with Gasteiger partial charge < -0.3 is 20.1 Å². The van der Waals surface area contributed by atoms with Crippen LogP contribution in [-0.4, -0.2) is 62.8 Å². The number of anilines is 1. The van der Waals surface area contributed by atoms with Gasteiger partial charge in [-0.2, -0.15) is 0 Å². The number of hydrogen-bond donors (Lipinski definition) is 2. The van der Waals surface area contributed by atoms with Gasteiger partial charge in [0.2, 0.25) is 0 Å². The van der Waals surface area contributed by atoms with Gasteiger partial charge in [-0.3, -0.25) is 4.99 Å². The third kappa shape index (κ3) is 8.42. The molecule has 1 aliphatic heterocycles. The Morgan fingerprint density at radius 1 is 1.14 bits per heavy atom. The van der Waals surface area contributed by atoms with Gasteiger partial charge in [-0.1, -0.05) is 23.7 Å². The molecule has 2 aliphatic carbocycles. The molecule has 1 aromatic heterocycles.